The molecule has 0 bridgehead atoms. The lowest BCUT2D eigenvalue weighted by Crippen LogP contribution is -2.50. The smallest absolute Gasteiger partial charge is 0.272 e. The number of hydrogen-bond acceptors (Lipinski definition) is 8. The molecule has 1 fully saturated rings. The monoisotopic (exact) mass is 658 g/mol. The second-order valence-corrected chi connectivity index (χ2v) is 12.4. The molecule has 6 aromatic rings. The van der Waals surface area contributed by atoms with Crippen LogP contribution < -0.4 is 14.8 Å². The van der Waals surface area contributed by atoms with Crippen molar-refractivity contribution >= 4 is 34.5 Å². The van der Waals surface area contributed by atoms with E-state index in [1.54, 1.807) is 41.0 Å². The van der Waals surface area contributed by atoms with Crippen LogP contribution >= 0.6 is 11.3 Å². The van der Waals surface area contributed by atoms with Crippen LogP contribution in [0.15, 0.2) is 102 Å². The lowest BCUT2D eigenvalue weighted by Gasteiger charge is -2.35. The van der Waals surface area contributed by atoms with Gasteiger partial charge in [-0.25, -0.2) is 9.50 Å². The van der Waals surface area contributed by atoms with Crippen LogP contribution in [0.2, 0.25) is 0 Å². The Morgan fingerprint density at radius 1 is 0.771 bits per heavy atom. The van der Waals surface area contributed by atoms with Gasteiger partial charge in [0.25, 0.3) is 11.8 Å². The van der Waals surface area contributed by atoms with E-state index < -0.39 is 0 Å². The second-order valence-electron chi connectivity index (χ2n) is 11.3. The summed E-state index contributed by atoms with van der Waals surface area (Å²) in [6.07, 6.45) is 0. The number of nitrogens with one attached hydrogen (secondary N) is 1. The van der Waals surface area contributed by atoms with E-state index in [9.17, 15) is 9.59 Å². The van der Waals surface area contributed by atoms with E-state index in [-0.39, 0.29) is 11.8 Å². The van der Waals surface area contributed by atoms with Crippen molar-refractivity contribution in [2.75, 3.05) is 45.7 Å². The number of ether oxygens (including phenoxy) is 2. The van der Waals surface area contributed by atoms with Crippen molar-refractivity contribution in [3.63, 3.8) is 0 Å². The van der Waals surface area contributed by atoms with Crippen LogP contribution in [0.5, 0.6) is 11.5 Å². The molecule has 0 radical (unpaired) electrons. The molecule has 1 aliphatic rings. The number of methoxy groups -OCH3 is 2. The summed E-state index contributed by atoms with van der Waals surface area (Å²) in [5, 5.41) is 10.3. The number of thiophene rings is 1. The van der Waals surface area contributed by atoms with Crippen LogP contribution in [0.1, 0.15) is 25.7 Å². The Hall–Kier alpha value is -5.68. The van der Waals surface area contributed by atoms with Gasteiger partial charge in [0.1, 0.15) is 5.69 Å². The van der Waals surface area contributed by atoms with Gasteiger partial charge in [0.05, 0.1) is 31.2 Å². The van der Waals surface area contributed by atoms with E-state index in [0.29, 0.717) is 66.8 Å². The fraction of sp³-hybridized carbons (Fsp3) is 0.189. The molecule has 0 aliphatic carbocycles. The van der Waals surface area contributed by atoms with Crippen LogP contribution in [0, 0.1) is 0 Å². The van der Waals surface area contributed by atoms with Gasteiger partial charge in [-0.1, -0.05) is 48.5 Å². The van der Waals surface area contributed by atoms with Gasteiger partial charge in [-0.15, -0.1) is 11.3 Å². The number of rotatable bonds is 9. The molecule has 0 saturated carbocycles. The van der Waals surface area contributed by atoms with E-state index in [2.05, 4.69) is 11.4 Å². The average Bonchev–Trinajstić information content (AvgIpc) is 3.84. The number of amides is 2. The summed E-state index contributed by atoms with van der Waals surface area (Å²) in [4.78, 5) is 37.2. The summed E-state index contributed by atoms with van der Waals surface area (Å²) in [5.41, 5.74) is 5.43. The molecule has 3 aromatic heterocycles. The van der Waals surface area contributed by atoms with Crippen molar-refractivity contribution in [3.8, 4) is 34.0 Å². The molecule has 1 saturated heterocycles. The SMILES string of the molecule is COc1ccc(-c2cc(C(=O)N3CCN(C(=O)c4ccccc4NCc4cccs4)CC3)nc3cc(-c4ccccc4)nn23)cc1OC. The molecule has 11 heteroatoms. The summed E-state index contributed by atoms with van der Waals surface area (Å²) < 4.78 is 12.8. The van der Waals surface area contributed by atoms with Crippen LogP contribution in [-0.4, -0.2) is 76.6 Å². The lowest BCUT2D eigenvalue weighted by molar-refractivity contribution is 0.0533. The summed E-state index contributed by atoms with van der Waals surface area (Å²) in [5.74, 6) is 0.903. The highest BCUT2D eigenvalue weighted by Crippen LogP contribution is 2.33. The number of hydrogen-bond donors (Lipinski definition) is 1. The van der Waals surface area contributed by atoms with E-state index in [4.69, 9.17) is 19.6 Å². The molecule has 10 nitrogen and oxygen atoms in total. The number of aromatic nitrogens is 3. The zero-order valence-electron chi connectivity index (χ0n) is 26.6. The largest absolute Gasteiger partial charge is 0.493 e. The highest BCUT2D eigenvalue weighted by Gasteiger charge is 2.28. The van der Waals surface area contributed by atoms with Crippen molar-refractivity contribution in [3.05, 3.63) is 119 Å². The van der Waals surface area contributed by atoms with Gasteiger partial charge < -0.3 is 24.6 Å². The molecule has 1 aliphatic heterocycles. The van der Waals surface area contributed by atoms with Crippen molar-refractivity contribution in [2.24, 2.45) is 0 Å². The molecule has 1 N–H and O–H groups in total. The summed E-state index contributed by atoms with van der Waals surface area (Å²) >= 11 is 1.67. The summed E-state index contributed by atoms with van der Waals surface area (Å²) in [6, 6.07) is 30.8. The fourth-order valence-corrected chi connectivity index (χ4v) is 6.54. The first-order valence-corrected chi connectivity index (χ1v) is 16.5. The Bertz CT molecular complexity index is 2070. The van der Waals surface area contributed by atoms with Crippen LogP contribution in [0.4, 0.5) is 5.69 Å². The molecule has 0 spiro atoms. The maximum absolute atomic E-state index is 14.0. The Morgan fingerprint density at radius 2 is 1.50 bits per heavy atom. The number of benzene rings is 3. The zero-order chi connectivity index (χ0) is 33.0. The highest BCUT2D eigenvalue weighted by molar-refractivity contribution is 7.09. The predicted molar refractivity (Wildman–Crippen MR) is 187 cm³/mol. The Morgan fingerprint density at radius 3 is 2.23 bits per heavy atom. The second kappa shape index (κ2) is 13.6. The van der Waals surface area contributed by atoms with Gasteiger partial charge in [-0.3, -0.25) is 9.59 Å². The number of piperazine rings is 1. The van der Waals surface area contributed by atoms with Crippen molar-refractivity contribution in [2.45, 2.75) is 6.54 Å². The van der Waals surface area contributed by atoms with Crippen LogP contribution in [-0.2, 0) is 6.54 Å². The molecular weight excluding hydrogens is 625 g/mol. The summed E-state index contributed by atoms with van der Waals surface area (Å²) in [6.45, 7) is 2.26. The van der Waals surface area contributed by atoms with Crippen molar-refractivity contribution in [1.29, 1.82) is 0 Å². The van der Waals surface area contributed by atoms with Crippen LogP contribution in [0.25, 0.3) is 28.2 Å². The van der Waals surface area contributed by atoms with Gasteiger partial charge in [0.15, 0.2) is 17.1 Å². The number of fused-ring (bicyclic) bond motifs is 1. The number of anilines is 1. The van der Waals surface area contributed by atoms with Gasteiger partial charge in [-0.2, -0.15) is 5.10 Å². The molecule has 48 heavy (non-hydrogen) atoms. The third-order valence-corrected chi connectivity index (χ3v) is 9.32. The Balaban J connectivity index is 1.14. The van der Waals surface area contributed by atoms with Gasteiger partial charge in [0, 0.05) is 60.5 Å². The fourth-order valence-electron chi connectivity index (χ4n) is 5.90. The minimum Gasteiger partial charge on any atom is -0.493 e. The molecule has 0 unspecified atom stereocenters. The van der Waals surface area contributed by atoms with Crippen molar-refractivity contribution < 1.29 is 19.1 Å². The number of carbonyl (C=O) groups excluding carboxylic acids is 2. The number of para-hydroxylation sites is 1. The quantitative estimate of drug-likeness (QED) is 0.193. The zero-order valence-corrected chi connectivity index (χ0v) is 27.4. The van der Waals surface area contributed by atoms with Crippen LogP contribution in [0.3, 0.4) is 0 Å². The number of carbonyl (C=O) groups is 2. The maximum atomic E-state index is 14.0. The lowest BCUT2D eigenvalue weighted by atomic mass is 10.1. The van der Waals surface area contributed by atoms with E-state index >= 15 is 0 Å². The Kier molecular flexibility index (Phi) is 8.76. The Labute approximate surface area is 282 Å². The normalized spacial score (nSPS) is 13.0. The minimum atomic E-state index is -0.202. The first kappa shape index (κ1) is 30.9. The van der Waals surface area contributed by atoms with E-state index in [0.717, 1.165) is 22.5 Å². The molecule has 2 amide bonds. The number of nitrogens with zero attached hydrogens (tertiary/aromatic N) is 5. The standard InChI is InChI=1S/C37H34N6O4S/c1-46-33-15-14-26(21-34(33)47-2)32-22-31(39-35-23-30(40-43(32)35)25-9-4-3-5-10-25)37(45)42-18-16-41(17-19-42)36(44)28-12-6-7-13-29(28)38-24-27-11-8-20-48-27/h3-15,20-23,38H,16-19,24H2,1-2H3. The molecule has 7 rings (SSSR count). The molecule has 0 atom stereocenters. The minimum absolute atomic E-state index is 0.0561. The third kappa shape index (κ3) is 6.19. The van der Waals surface area contributed by atoms with E-state index in [1.807, 2.05) is 95.2 Å². The molecule has 3 aromatic carbocycles. The molecular formula is C37H34N6O4S. The van der Waals surface area contributed by atoms with Gasteiger partial charge in [-0.05, 0) is 47.8 Å². The topological polar surface area (TPSA) is 101 Å². The van der Waals surface area contributed by atoms with E-state index in [1.165, 1.54) is 4.88 Å². The van der Waals surface area contributed by atoms with Crippen molar-refractivity contribution in [1.82, 2.24) is 24.4 Å². The first-order valence-electron chi connectivity index (χ1n) is 15.6. The molecule has 242 valence electrons. The summed E-state index contributed by atoms with van der Waals surface area (Å²) in [7, 11) is 3.18. The molecule has 4 heterocycles. The van der Waals surface area contributed by atoms with Gasteiger partial charge >= 0.3 is 0 Å². The third-order valence-electron chi connectivity index (χ3n) is 8.44. The maximum Gasteiger partial charge on any atom is 0.272 e. The average molecular weight is 659 g/mol. The van der Waals surface area contributed by atoms with Gasteiger partial charge in [0.2, 0.25) is 0 Å². The highest BCUT2D eigenvalue weighted by atomic mass is 32.1. The predicted octanol–water partition coefficient (Wildman–Crippen LogP) is 6.35. The first-order chi connectivity index (χ1) is 23.5.